The van der Waals surface area contributed by atoms with E-state index >= 15 is 0 Å². The van der Waals surface area contributed by atoms with Crippen molar-refractivity contribution in [3.63, 3.8) is 0 Å². The summed E-state index contributed by atoms with van der Waals surface area (Å²) in [7, 11) is 0. The Balaban J connectivity index is 2.30. The Morgan fingerprint density at radius 2 is 1.33 bits per heavy atom. The van der Waals surface area contributed by atoms with Crippen molar-refractivity contribution in [3.05, 3.63) is 83.1 Å². The zero-order valence-electron chi connectivity index (χ0n) is 12.3. The molecule has 0 bridgehead atoms. The van der Waals surface area contributed by atoms with Crippen molar-refractivity contribution in [2.45, 2.75) is 0 Å². The van der Waals surface area contributed by atoms with Crippen molar-refractivity contribution in [1.82, 2.24) is 0 Å². The van der Waals surface area contributed by atoms with Crippen molar-refractivity contribution in [2.24, 2.45) is 0 Å². The van der Waals surface area contributed by atoms with Crippen LogP contribution in [0.3, 0.4) is 0 Å². The number of carboxylic acid groups (broad SMARTS) is 1. The number of allylic oxidation sites excluding steroid dienone is 1. The van der Waals surface area contributed by atoms with E-state index in [0.717, 1.165) is 0 Å². The minimum absolute atomic E-state index is 0.0382. The molecule has 120 valence electrons. The first-order valence-electron chi connectivity index (χ1n) is 6.82. The number of carboxylic acids is 1. The summed E-state index contributed by atoms with van der Waals surface area (Å²) < 4.78 is 0. The van der Waals surface area contributed by atoms with E-state index in [1.807, 2.05) is 0 Å². The van der Waals surface area contributed by atoms with Gasteiger partial charge < -0.3 is 10.2 Å². The summed E-state index contributed by atoms with van der Waals surface area (Å²) in [4.78, 5) is 45.8. The van der Waals surface area contributed by atoms with Crippen molar-refractivity contribution in [2.75, 3.05) is 0 Å². The topological polar surface area (TPSA) is 109 Å². The molecule has 0 fully saturated rings. The molecule has 2 aromatic carbocycles. The Morgan fingerprint density at radius 1 is 0.750 bits per heavy atom. The third kappa shape index (κ3) is 3.80. The van der Waals surface area contributed by atoms with Crippen LogP contribution >= 0.6 is 0 Å². The lowest BCUT2D eigenvalue weighted by molar-refractivity contribution is -0.146. The van der Waals surface area contributed by atoms with Gasteiger partial charge in [0.2, 0.25) is 5.78 Å². The van der Waals surface area contributed by atoms with E-state index in [1.54, 1.807) is 30.3 Å². The summed E-state index contributed by atoms with van der Waals surface area (Å²) in [6.45, 7) is 0. The maximum Gasteiger partial charge on any atom is 0.376 e. The number of benzene rings is 2. The number of aliphatic carboxylic acids is 1. The van der Waals surface area contributed by atoms with Gasteiger partial charge in [0.15, 0.2) is 11.5 Å². The van der Waals surface area contributed by atoms with Crippen LogP contribution in [0.5, 0.6) is 0 Å². The monoisotopic (exact) mass is 324 g/mol. The molecule has 6 nitrogen and oxygen atoms in total. The Hall–Kier alpha value is -3.54. The molecule has 0 aromatic heterocycles. The van der Waals surface area contributed by atoms with E-state index < -0.39 is 23.3 Å². The molecule has 0 aliphatic carbocycles. The fraction of sp³-hybridized carbons (Fsp3) is 0. The highest BCUT2D eigenvalue weighted by Gasteiger charge is 2.17. The number of Topliss-reactive ketones (excluding diaryl/α,β-unsaturated/α-hetero) is 1. The SMILES string of the molecule is O=C(O)C(=O)/C=C(\O)C(=O)c1cccc(C(=O)c2ccccc2)c1. The summed E-state index contributed by atoms with van der Waals surface area (Å²) in [6.07, 6.45) is 0.330. The van der Waals surface area contributed by atoms with Crippen LogP contribution in [-0.2, 0) is 9.59 Å². The molecule has 0 saturated heterocycles. The average molecular weight is 324 g/mol. The van der Waals surface area contributed by atoms with E-state index in [0.29, 0.717) is 11.6 Å². The summed E-state index contributed by atoms with van der Waals surface area (Å²) in [6, 6.07) is 14.0. The van der Waals surface area contributed by atoms with E-state index in [2.05, 4.69) is 0 Å². The van der Waals surface area contributed by atoms with E-state index in [4.69, 9.17) is 5.11 Å². The van der Waals surface area contributed by atoms with Gasteiger partial charge in [-0.05, 0) is 6.07 Å². The van der Waals surface area contributed by atoms with Crippen LogP contribution in [0, 0.1) is 0 Å². The maximum atomic E-state index is 12.3. The fourth-order valence-corrected chi connectivity index (χ4v) is 1.96. The average Bonchev–Trinajstić information content (AvgIpc) is 2.61. The molecule has 24 heavy (non-hydrogen) atoms. The molecule has 0 atom stereocenters. The molecule has 0 radical (unpaired) electrons. The maximum absolute atomic E-state index is 12.3. The first-order chi connectivity index (χ1) is 11.4. The number of hydrogen-bond donors (Lipinski definition) is 2. The first kappa shape index (κ1) is 16.8. The molecule has 0 aliphatic heterocycles. The van der Waals surface area contributed by atoms with Gasteiger partial charge in [-0.25, -0.2) is 4.79 Å². The van der Waals surface area contributed by atoms with Gasteiger partial charge in [-0.15, -0.1) is 0 Å². The summed E-state index contributed by atoms with van der Waals surface area (Å²) in [5, 5.41) is 18.0. The van der Waals surface area contributed by atoms with Gasteiger partial charge in [-0.2, -0.15) is 0 Å². The minimum atomic E-state index is -1.79. The Bertz CT molecular complexity index is 849. The predicted octanol–water partition coefficient (Wildman–Crippen LogP) is 2.20. The van der Waals surface area contributed by atoms with Crippen LogP contribution in [-0.4, -0.2) is 33.5 Å². The molecule has 2 rings (SSSR count). The number of aliphatic hydroxyl groups is 1. The second-order valence-corrected chi connectivity index (χ2v) is 4.80. The molecule has 0 saturated carbocycles. The zero-order chi connectivity index (χ0) is 17.7. The summed E-state index contributed by atoms with van der Waals surface area (Å²) in [5.41, 5.74) is 0.621. The van der Waals surface area contributed by atoms with Crippen LogP contribution in [0.25, 0.3) is 0 Å². The lowest BCUT2D eigenvalue weighted by atomic mass is 9.99. The molecule has 2 aromatic rings. The molecule has 2 N–H and O–H groups in total. The molecular weight excluding hydrogens is 312 g/mol. The largest absolute Gasteiger partial charge is 0.504 e. The summed E-state index contributed by atoms with van der Waals surface area (Å²) in [5.74, 6) is -5.48. The lowest BCUT2D eigenvalue weighted by Gasteiger charge is -2.04. The minimum Gasteiger partial charge on any atom is -0.504 e. The fourth-order valence-electron chi connectivity index (χ4n) is 1.96. The van der Waals surface area contributed by atoms with Gasteiger partial charge >= 0.3 is 5.97 Å². The standard InChI is InChI=1S/C18H12O6/c19-14(10-15(20)18(23)24)17(22)13-8-4-7-12(9-13)16(21)11-5-2-1-3-6-11/h1-10,19H,(H,23,24)/b14-10-. The number of ketones is 3. The molecule has 0 unspecified atom stereocenters. The molecule has 0 aliphatic rings. The predicted molar refractivity (Wildman–Crippen MR) is 84.0 cm³/mol. The van der Waals surface area contributed by atoms with Gasteiger partial charge in [-0.1, -0.05) is 48.5 Å². The van der Waals surface area contributed by atoms with Crippen molar-refractivity contribution in [3.8, 4) is 0 Å². The number of hydrogen-bond acceptors (Lipinski definition) is 5. The highest BCUT2D eigenvalue weighted by atomic mass is 16.4. The molecule has 0 spiro atoms. The van der Waals surface area contributed by atoms with Crippen LogP contribution in [0.2, 0.25) is 0 Å². The molecular formula is C18H12O6. The van der Waals surface area contributed by atoms with Gasteiger partial charge in [-0.3, -0.25) is 14.4 Å². The molecule has 0 amide bonds. The van der Waals surface area contributed by atoms with Crippen LogP contribution in [0.15, 0.2) is 66.4 Å². The van der Waals surface area contributed by atoms with Crippen LogP contribution in [0.4, 0.5) is 0 Å². The molecule has 0 heterocycles. The Morgan fingerprint density at radius 3 is 1.96 bits per heavy atom. The second-order valence-electron chi connectivity index (χ2n) is 4.80. The number of carbonyl (C=O) groups is 4. The van der Waals surface area contributed by atoms with E-state index in [-0.39, 0.29) is 16.9 Å². The lowest BCUT2D eigenvalue weighted by Crippen LogP contribution is -2.13. The van der Waals surface area contributed by atoms with Crippen molar-refractivity contribution in [1.29, 1.82) is 0 Å². The zero-order valence-corrected chi connectivity index (χ0v) is 12.3. The highest BCUT2D eigenvalue weighted by Crippen LogP contribution is 2.14. The quantitative estimate of drug-likeness (QED) is 0.365. The number of aliphatic hydroxyl groups excluding tert-OH is 1. The Labute approximate surface area is 136 Å². The van der Waals surface area contributed by atoms with Crippen molar-refractivity contribution >= 4 is 23.3 Å². The van der Waals surface area contributed by atoms with Crippen LogP contribution in [0.1, 0.15) is 26.3 Å². The van der Waals surface area contributed by atoms with Gasteiger partial charge in [0.05, 0.1) is 0 Å². The molecule has 6 heteroatoms. The van der Waals surface area contributed by atoms with Gasteiger partial charge in [0.25, 0.3) is 5.78 Å². The number of carbonyl (C=O) groups excluding carboxylic acids is 3. The second kappa shape index (κ2) is 7.15. The summed E-state index contributed by atoms with van der Waals surface area (Å²) >= 11 is 0. The highest BCUT2D eigenvalue weighted by molar-refractivity contribution is 6.38. The van der Waals surface area contributed by atoms with Crippen LogP contribution < -0.4 is 0 Å². The smallest absolute Gasteiger partial charge is 0.376 e. The van der Waals surface area contributed by atoms with E-state index in [1.165, 1.54) is 24.3 Å². The first-order valence-corrected chi connectivity index (χ1v) is 6.82. The van der Waals surface area contributed by atoms with Gasteiger partial charge in [0.1, 0.15) is 0 Å². The normalized spacial score (nSPS) is 10.9. The van der Waals surface area contributed by atoms with Gasteiger partial charge in [0, 0.05) is 22.8 Å². The van der Waals surface area contributed by atoms with Crippen molar-refractivity contribution < 1.29 is 29.4 Å². The Kier molecular flexibility index (Phi) is 5.01. The third-order valence-electron chi connectivity index (χ3n) is 3.13. The van der Waals surface area contributed by atoms with E-state index in [9.17, 15) is 24.3 Å². The third-order valence-corrected chi connectivity index (χ3v) is 3.13. The number of rotatable bonds is 6.